The SMILES string of the molecule is CNC(c1cc(F)ccc1F)C1CN(C)CCCN1C. The molecule has 0 aliphatic carbocycles. The summed E-state index contributed by atoms with van der Waals surface area (Å²) < 4.78 is 27.5. The van der Waals surface area contributed by atoms with Gasteiger partial charge < -0.3 is 15.1 Å². The second kappa shape index (κ2) is 6.61. The number of hydrogen-bond donors (Lipinski definition) is 1. The first-order valence-electron chi connectivity index (χ1n) is 7.04. The van der Waals surface area contributed by atoms with Crippen molar-refractivity contribution in [3.05, 3.63) is 35.4 Å². The fraction of sp³-hybridized carbons (Fsp3) is 0.600. The molecule has 1 aromatic carbocycles. The van der Waals surface area contributed by atoms with E-state index in [-0.39, 0.29) is 17.9 Å². The van der Waals surface area contributed by atoms with Gasteiger partial charge in [-0.05, 0) is 58.9 Å². The molecule has 0 aromatic heterocycles. The van der Waals surface area contributed by atoms with Gasteiger partial charge in [0.15, 0.2) is 0 Å². The second-order valence-electron chi connectivity index (χ2n) is 5.60. The number of halogens is 2. The molecule has 0 amide bonds. The first-order chi connectivity index (χ1) is 9.52. The van der Waals surface area contributed by atoms with E-state index in [4.69, 9.17) is 0 Å². The van der Waals surface area contributed by atoms with Crippen LogP contribution in [-0.2, 0) is 0 Å². The van der Waals surface area contributed by atoms with E-state index >= 15 is 0 Å². The summed E-state index contributed by atoms with van der Waals surface area (Å²) in [6, 6.07) is 3.55. The van der Waals surface area contributed by atoms with Gasteiger partial charge in [-0.25, -0.2) is 8.78 Å². The Bertz CT molecular complexity index is 453. The summed E-state index contributed by atoms with van der Waals surface area (Å²) >= 11 is 0. The molecule has 0 saturated carbocycles. The van der Waals surface area contributed by atoms with Gasteiger partial charge in [0.2, 0.25) is 0 Å². The Labute approximate surface area is 119 Å². The fourth-order valence-corrected chi connectivity index (χ4v) is 2.97. The highest BCUT2D eigenvalue weighted by atomic mass is 19.1. The molecule has 2 unspecified atom stereocenters. The highest BCUT2D eigenvalue weighted by Gasteiger charge is 2.30. The normalized spacial score (nSPS) is 23.6. The molecule has 0 radical (unpaired) electrons. The van der Waals surface area contributed by atoms with E-state index in [9.17, 15) is 8.78 Å². The first-order valence-corrected chi connectivity index (χ1v) is 7.04. The first kappa shape index (κ1) is 15.4. The van der Waals surface area contributed by atoms with Crippen LogP contribution in [0, 0.1) is 11.6 Å². The average Bonchev–Trinajstić information content (AvgIpc) is 2.57. The van der Waals surface area contributed by atoms with Gasteiger partial charge in [0.05, 0.1) is 6.04 Å². The average molecular weight is 283 g/mol. The van der Waals surface area contributed by atoms with Crippen molar-refractivity contribution in [3.63, 3.8) is 0 Å². The van der Waals surface area contributed by atoms with Gasteiger partial charge in [0, 0.05) is 18.2 Å². The monoisotopic (exact) mass is 283 g/mol. The predicted molar refractivity (Wildman–Crippen MR) is 76.7 cm³/mol. The highest BCUT2D eigenvalue weighted by molar-refractivity contribution is 5.24. The molecular formula is C15H23F2N3. The Kier molecular flexibility index (Phi) is 5.07. The van der Waals surface area contributed by atoms with E-state index in [0.29, 0.717) is 5.56 Å². The van der Waals surface area contributed by atoms with Crippen molar-refractivity contribution in [2.75, 3.05) is 40.8 Å². The van der Waals surface area contributed by atoms with Crippen molar-refractivity contribution in [2.45, 2.75) is 18.5 Å². The van der Waals surface area contributed by atoms with Crippen LogP contribution in [0.5, 0.6) is 0 Å². The van der Waals surface area contributed by atoms with E-state index in [1.165, 1.54) is 12.1 Å². The summed E-state index contributed by atoms with van der Waals surface area (Å²) in [6.45, 7) is 2.82. The third-order valence-electron chi connectivity index (χ3n) is 4.10. The summed E-state index contributed by atoms with van der Waals surface area (Å²) in [7, 11) is 5.92. The molecule has 1 N–H and O–H groups in total. The van der Waals surface area contributed by atoms with Gasteiger partial charge in [0.25, 0.3) is 0 Å². The van der Waals surface area contributed by atoms with Crippen LogP contribution in [-0.4, -0.2) is 56.6 Å². The summed E-state index contributed by atoms with van der Waals surface area (Å²) in [5, 5.41) is 3.16. The summed E-state index contributed by atoms with van der Waals surface area (Å²) in [4.78, 5) is 4.48. The molecule has 3 nitrogen and oxygen atoms in total. The summed E-state index contributed by atoms with van der Waals surface area (Å²) in [5.41, 5.74) is 0.402. The molecule has 1 heterocycles. The molecule has 1 saturated heterocycles. The minimum absolute atomic E-state index is 0.115. The van der Waals surface area contributed by atoms with Crippen LogP contribution in [0.3, 0.4) is 0 Å². The molecule has 0 bridgehead atoms. The van der Waals surface area contributed by atoms with Gasteiger partial charge in [-0.1, -0.05) is 0 Å². The van der Waals surface area contributed by atoms with Gasteiger partial charge in [-0.3, -0.25) is 0 Å². The Morgan fingerprint density at radius 3 is 2.70 bits per heavy atom. The molecule has 1 aromatic rings. The Hall–Kier alpha value is -1.04. The van der Waals surface area contributed by atoms with Gasteiger partial charge in [-0.2, -0.15) is 0 Å². The molecule has 112 valence electrons. The van der Waals surface area contributed by atoms with E-state index in [2.05, 4.69) is 22.2 Å². The van der Waals surface area contributed by atoms with Crippen LogP contribution in [0.15, 0.2) is 18.2 Å². The zero-order chi connectivity index (χ0) is 14.7. The lowest BCUT2D eigenvalue weighted by atomic mass is 9.97. The van der Waals surface area contributed by atoms with Crippen LogP contribution in [0.1, 0.15) is 18.0 Å². The number of hydrogen-bond acceptors (Lipinski definition) is 3. The topological polar surface area (TPSA) is 18.5 Å². The van der Waals surface area contributed by atoms with Crippen LogP contribution >= 0.6 is 0 Å². The van der Waals surface area contributed by atoms with E-state index in [1.807, 2.05) is 7.05 Å². The van der Waals surface area contributed by atoms with Gasteiger partial charge in [0.1, 0.15) is 11.6 Å². The lowest BCUT2D eigenvalue weighted by Crippen LogP contribution is -2.46. The number of nitrogens with zero attached hydrogens (tertiary/aromatic N) is 2. The fourth-order valence-electron chi connectivity index (χ4n) is 2.97. The second-order valence-corrected chi connectivity index (χ2v) is 5.60. The highest BCUT2D eigenvalue weighted by Crippen LogP contribution is 2.25. The maximum Gasteiger partial charge on any atom is 0.128 e. The minimum Gasteiger partial charge on any atom is -0.312 e. The molecule has 5 heteroatoms. The Morgan fingerprint density at radius 1 is 1.25 bits per heavy atom. The van der Waals surface area contributed by atoms with Crippen molar-refractivity contribution in [1.29, 1.82) is 0 Å². The zero-order valence-electron chi connectivity index (χ0n) is 12.4. The molecule has 2 rings (SSSR count). The van der Waals surface area contributed by atoms with Crippen LogP contribution in [0.2, 0.25) is 0 Å². The molecule has 1 aliphatic rings. The maximum absolute atomic E-state index is 14.0. The van der Waals surface area contributed by atoms with Crippen LogP contribution in [0.4, 0.5) is 8.78 Å². The Morgan fingerprint density at radius 2 is 2.00 bits per heavy atom. The summed E-state index contributed by atoms with van der Waals surface area (Å²) in [5.74, 6) is -0.752. The number of benzene rings is 1. The van der Waals surface area contributed by atoms with Crippen molar-refractivity contribution >= 4 is 0 Å². The lowest BCUT2D eigenvalue weighted by molar-refractivity contribution is 0.180. The maximum atomic E-state index is 14.0. The van der Waals surface area contributed by atoms with Crippen molar-refractivity contribution in [2.24, 2.45) is 0 Å². The summed E-state index contributed by atoms with van der Waals surface area (Å²) in [6.07, 6.45) is 1.09. The Balaban J connectivity index is 2.32. The number of rotatable bonds is 3. The zero-order valence-corrected chi connectivity index (χ0v) is 12.4. The minimum atomic E-state index is -0.397. The van der Waals surface area contributed by atoms with Gasteiger partial charge >= 0.3 is 0 Å². The predicted octanol–water partition coefficient (Wildman–Crippen LogP) is 1.86. The van der Waals surface area contributed by atoms with E-state index < -0.39 is 5.82 Å². The quantitative estimate of drug-likeness (QED) is 0.913. The smallest absolute Gasteiger partial charge is 0.128 e. The van der Waals surface area contributed by atoms with Crippen molar-refractivity contribution in [1.82, 2.24) is 15.1 Å². The molecule has 2 atom stereocenters. The van der Waals surface area contributed by atoms with E-state index in [1.54, 1.807) is 7.05 Å². The molecular weight excluding hydrogens is 260 g/mol. The van der Waals surface area contributed by atoms with Gasteiger partial charge in [-0.15, -0.1) is 0 Å². The van der Waals surface area contributed by atoms with Crippen molar-refractivity contribution < 1.29 is 8.78 Å². The largest absolute Gasteiger partial charge is 0.312 e. The molecule has 1 aliphatic heterocycles. The number of nitrogens with one attached hydrogen (secondary N) is 1. The third kappa shape index (κ3) is 3.34. The molecule has 1 fully saturated rings. The lowest BCUT2D eigenvalue weighted by Gasteiger charge is -2.34. The van der Waals surface area contributed by atoms with Crippen LogP contribution < -0.4 is 5.32 Å². The molecule has 20 heavy (non-hydrogen) atoms. The molecule has 0 spiro atoms. The number of likely N-dealkylation sites (N-methyl/N-ethyl adjacent to an activating group) is 3. The standard InChI is InChI=1S/C15H23F2N3/c1-18-15(12-9-11(16)5-6-13(12)17)14-10-19(2)7-4-8-20(14)3/h5-6,9,14-15,18H,4,7-8,10H2,1-3H3. The van der Waals surface area contributed by atoms with E-state index in [0.717, 1.165) is 32.1 Å². The third-order valence-corrected chi connectivity index (χ3v) is 4.10. The van der Waals surface area contributed by atoms with Crippen LogP contribution in [0.25, 0.3) is 0 Å². The van der Waals surface area contributed by atoms with Crippen molar-refractivity contribution in [3.8, 4) is 0 Å².